The predicted octanol–water partition coefficient (Wildman–Crippen LogP) is 10.9. The summed E-state index contributed by atoms with van der Waals surface area (Å²) < 4.78 is 4.99. The van der Waals surface area contributed by atoms with Crippen LogP contribution in [0.25, 0.3) is 67.9 Å². The number of benzene rings is 4. The van der Waals surface area contributed by atoms with Gasteiger partial charge >= 0.3 is 0 Å². The van der Waals surface area contributed by atoms with E-state index in [4.69, 9.17) is 0 Å². The first kappa shape index (κ1) is 31.5. The molecule has 0 saturated heterocycles. The summed E-state index contributed by atoms with van der Waals surface area (Å²) in [5, 5.41) is 5.06. The first-order valence-corrected chi connectivity index (χ1v) is 18.1. The van der Waals surface area contributed by atoms with Crippen LogP contribution in [0.5, 0.6) is 0 Å². The van der Waals surface area contributed by atoms with Gasteiger partial charge in [-0.25, -0.2) is 0 Å². The SMILES string of the molecule is C(=C\c1ccc2ccccc2[n+]1CCCCCCCC[n+]1c(/C=C/c2cc3ccccc3[nH]2)ccc2ccccc21)/c1cc2ccccc2[nH]1. The van der Waals surface area contributed by atoms with Crippen molar-refractivity contribution < 1.29 is 9.13 Å². The van der Waals surface area contributed by atoms with E-state index >= 15 is 0 Å². The summed E-state index contributed by atoms with van der Waals surface area (Å²) in [7, 11) is 0. The number of fused-ring (bicyclic) bond motifs is 4. The monoisotopic (exact) mass is 652 g/mol. The zero-order chi connectivity index (χ0) is 33.5. The van der Waals surface area contributed by atoms with Crippen molar-refractivity contribution in [3.05, 3.63) is 156 Å². The third kappa shape index (κ3) is 7.02. The van der Waals surface area contributed by atoms with Crippen molar-refractivity contribution in [3.8, 4) is 0 Å². The fraction of sp³-hybridized carbons (Fsp3) is 0.174. The molecule has 0 amide bonds. The van der Waals surface area contributed by atoms with E-state index in [-0.39, 0.29) is 0 Å². The fourth-order valence-corrected chi connectivity index (χ4v) is 7.32. The van der Waals surface area contributed by atoms with Gasteiger partial charge in [0.1, 0.15) is 13.1 Å². The first-order chi connectivity index (χ1) is 24.8. The molecule has 4 nitrogen and oxygen atoms in total. The number of H-pyrrole nitrogens is 2. The van der Waals surface area contributed by atoms with Crippen LogP contribution in [0.15, 0.2) is 133 Å². The minimum absolute atomic E-state index is 1.02. The molecule has 50 heavy (non-hydrogen) atoms. The topological polar surface area (TPSA) is 39.3 Å². The predicted molar refractivity (Wildman–Crippen MR) is 210 cm³/mol. The van der Waals surface area contributed by atoms with Crippen LogP contribution in [0.3, 0.4) is 0 Å². The molecule has 0 bridgehead atoms. The van der Waals surface area contributed by atoms with Gasteiger partial charge in [-0.1, -0.05) is 73.5 Å². The maximum Gasteiger partial charge on any atom is 0.212 e. The van der Waals surface area contributed by atoms with Gasteiger partial charge in [0.2, 0.25) is 22.4 Å². The number of aromatic amines is 2. The van der Waals surface area contributed by atoms with E-state index in [9.17, 15) is 0 Å². The summed E-state index contributed by atoms with van der Waals surface area (Å²) in [6.45, 7) is 2.04. The molecule has 4 aromatic carbocycles. The fourth-order valence-electron chi connectivity index (χ4n) is 7.32. The van der Waals surface area contributed by atoms with E-state index in [0.717, 1.165) is 24.5 Å². The van der Waals surface area contributed by atoms with Crippen molar-refractivity contribution in [2.75, 3.05) is 0 Å². The van der Waals surface area contributed by atoms with Crippen LogP contribution >= 0.6 is 0 Å². The van der Waals surface area contributed by atoms with Crippen LogP contribution in [-0.4, -0.2) is 9.97 Å². The van der Waals surface area contributed by atoms with Crippen LogP contribution in [0, 0.1) is 0 Å². The summed E-state index contributed by atoms with van der Waals surface area (Å²) in [6, 6.07) is 47.9. The molecular weight excluding hydrogens is 609 g/mol. The average molecular weight is 653 g/mol. The van der Waals surface area contributed by atoms with Gasteiger partial charge in [0.25, 0.3) is 0 Å². The molecular formula is C46H44N4+2. The van der Waals surface area contributed by atoms with Gasteiger partial charge in [0.15, 0.2) is 0 Å². The number of aryl methyl sites for hydroxylation is 2. The third-order valence-corrected chi connectivity index (χ3v) is 9.93. The van der Waals surface area contributed by atoms with Gasteiger partial charge in [0, 0.05) is 82.5 Å². The Balaban J connectivity index is 0.882. The molecule has 4 aromatic heterocycles. The number of nitrogens with zero attached hydrogens (tertiary/aromatic N) is 2. The normalized spacial score (nSPS) is 12.1. The summed E-state index contributed by atoms with van der Waals surface area (Å²) in [4.78, 5) is 7.07. The number of hydrogen-bond donors (Lipinski definition) is 2. The van der Waals surface area contributed by atoms with Crippen molar-refractivity contribution in [2.24, 2.45) is 0 Å². The van der Waals surface area contributed by atoms with Crippen molar-refractivity contribution in [1.82, 2.24) is 9.97 Å². The smallest absolute Gasteiger partial charge is 0.212 e. The molecule has 0 aliphatic rings. The van der Waals surface area contributed by atoms with E-state index in [1.165, 1.54) is 93.5 Å². The van der Waals surface area contributed by atoms with Crippen molar-refractivity contribution in [2.45, 2.75) is 51.6 Å². The molecule has 0 aliphatic carbocycles. The maximum absolute atomic E-state index is 3.54. The molecule has 4 heterocycles. The van der Waals surface area contributed by atoms with Gasteiger partial charge in [-0.2, -0.15) is 9.13 Å². The minimum Gasteiger partial charge on any atom is -0.355 e. The second kappa shape index (κ2) is 14.8. The van der Waals surface area contributed by atoms with Gasteiger partial charge < -0.3 is 9.97 Å². The Bertz CT molecular complexity index is 2220. The number of pyridine rings is 2. The highest BCUT2D eigenvalue weighted by Gasteiger charge is 2.15. The molecule has 0 radical (unpaired) electrons. The van der Waals surface area contributed by atoms with Crippen LogP contribution in [-0.2, 0) is 13.1 Å². The molecule has 0 aliphatic heterocycles. The maximum atomic E-state index is 3.54. The lowest BCUT2D eigenvalue weighted by Crippen LogP contribution is -2.38. The second-order valence-corrected chi connectivity index (χ2v) is 13.3. The Morgan fingerprint density at radius 2 is 0.780 bits per heavy atom. The third-order valence-electron chi connectivity index (χ3n) is 9.93. The Labute approximate surface area is 294 Å². The largest absolute Gasteiger partial charge is 0.355 e. The number of aromatic nitrogens is 4. The van der Waals surface area contributed by atoms with Crippen LogP contribution < -0.4 is 9.13 Å². The van der Waals surface area contributed by atoms with Crippen LogP contribution in [0.1, 0.15) is 61.3 Å². The summed E-state index contributed by atoms with van der Waals surface area (Å²) in [5.41, 5.74) is 9.68. The molecule has 0 saturated carbocycles. The molecule has 2 N–H and O–H groups in total. The number of unbranched alkanes of at least 4 members (excludes halogenated alkanes) is 5. The van der Waals surface area contributed by atoms with E-state index in [0.29, 0.717) is 0 Å². The lowest BCUT2D eigenvalue weighted by atomic mass is 10.1. The van der Waals surface area contributed by atoms with Crippen LogP contribution in [0.2, 0.25) is 0 Å². The number of para-hydroxylation sites is 4. The molecule has 0 spiro atoms. The highest BCUT2D eigenvalue weighted by molar-refractivity contribution is 5.85. The van der Waals surface area contributed by atoms with Gasteiger partial charge in [-0.15, -0.1) is 0 Å². The molecule has 4 heteroatoms. The van der Waals surface area contributed by atoms with E-state index in [2.05, 4.69) is 177 Å². The molecule has 0 atom stereocenters. The first-order valence-electron chi connectivity index (χ1n) is 18.1. The Kier molecular flexibility index (Phi) is 9.33. The molecule has 0 fully saturated rings. The zero-order valence-electron chi connectivity index (χ0n) is 28.6. The summed E-state index contributed by atoms with van der Waals surface area (Å²) in [6.07, 6.45) is 16.3. The van der Waals surface area contributed by atoms with Gasteiger partial charge in [0.05, 0.1) is 0 Å². The molecule has 8 aromatic rings. The average Bonchev–Trinajstić information content (AvgIpc) is 3.78. The van der Waals surface area contributed by atoms with Crippen LogP contribution in [0.4, 0.5) is 0 Å². The summed E-state index contributed by atoms with van der Waals surface area (Å²) >= 11 is 0. The molecule has 8 rings (SSSR count). The quantitative estimate of drug-likeness (QED) is 0.0919. The number of nitrogens with one attached hydrogen (secondary N) is 2. The number of rotatable bonds is 13. The van der Waals surface area contributed by atoms with E-state index < -0.39 is 0 Å². The zero-order valence-corrected chi connectivity index (χ0v) is 28.6. The Hall–Kier alpha value is -5.74. The van der Waals surface area contributed by atoms with Crippen molar-refractivity contribution >= 4 is 67.9 Å². The highest BCUT2D eigenvalue weighted by Crippen LogP contribution is 2.20. The lowest BCUT2D eigenvalue weighted by molar-refractivity contribution is -0.673. The second-order valence-electron chi connectivity index (χ2n) is 13.3. The minimum atomic E-state index is 1.02. The molecule has 0 unspecified atom stereocenters. The summed E-state index contributed by atoms with van der Waals surface area (Å²) in [5.74, 6) is 0. The Morgan fingerprint density at radius 1 is 0.380 bits per heavy atom. The lowest BCUT2D eigenvalue weighted by Gasteiger charge is -2.07. The van der Waals surface area contributed by atoms with Crippen molar-refractivity contribution in [1.29, 1.82) is 0 Å². The number of hydrogen-bond acceptors (Lipinski definition) is 0. The Morgan fingerprint density at radius 3 is 1.24 bits per heavy atom. The molecule has 246 valence electrons. The standard InChI is InChI=1S/C46H42N4/c1(3-13-31-49-41(27-23-35-15-7-11-21-45(35)49)29-25-39-33-37-17-5-9-19-43(37)47-39)2-4-14-32-50-42(28-24-36-16-8-12-22-46(36)50)30-26-40-34-38-18-6-10-20-44(38)48-40/h5-12,15-30,33-34H,1-4,13-14,31-32H2/p+2. The van der Waals surface area contributed by atoms with E-state index in [1.54, 1.807) is 0 Å². The van der Waals surface area contributed by atoms with Gasteiger partial charge in [-0.05, 0) is 84.3 Å². The van der Waals surface area contributed by atoms with Crippen molar-refractivity contribution in [3.63, 3.8) is 0 Å². The highest BCUT2D eigenvalue weighted by atomic mass is 15.0. The van der Waals surface area contributed by atoms with Gasteiger partial charge in [-0.3, -0.25) is 0 Å². The van der Waals surface area contributed by atoms with E-state index in [1.807, 2.05) is 0 Å².